The molecule has 0 amide bonds. The summed E-state index contributed by atoms with van der Waals surface area (Å²) in [5, 5.41) is 9.85. The summed E-state index contributed by atoms with van der Waals surface area (Å²) in [6.07, 6.45) is -0.535. The lowest BCUT2D eigenvalue weighted by molar-refractivity contribution is 0.103. The van der Waals surface area contributed by atoms with Crippen molar-refractivity contribution in [1.29, 1.82) is 0 Å². The van der Waals surface area contributed by atoms with Gasteiger partial charge in [0.1, 0.15) is 6.10 Å². The van der Waals surface area contributed by atoms with Crippen LogP contribution < -0.4 is 0 Å². The number of carbonyl (C=O) groups is 1. The van der Waals surface area contributed by atoms with Crippen molar-refractivity contribution in [2.75, 3.05) is 5.75 Å². The van der Waals surface area contributed by atoms with Gasteiger partial charge in [-0.05, 0) is 30.2 Å². The first-order valence-corrected chi connectivity index (χ1v) is 11.2. The van der Waals surface area contributed by atoms with E-state index in [-0.39, 0.29) is 5.78 Å². The molecule has 2 aliphatic rings. The van der Waals surface area contributed by atoms with Gasteiger partial charge in [-0.3, -0.25) is 4.79 Å². The van der Waals surface area contributed by atoms with Gasteiger partial charge in [0.2, 0.25) is 0 Å². The highest BCUT2D eigenvalue weighted by Crippen LogP contribution is 2.40. The smallest absolute Gasteiger partial charge is 0.191 e. The molecule has 0 saturated carbocycles. The minimum Gasteiger partial charge on any atom is -0.383 e. The van der Waals surface area contributed by atoms with Crippen LogP contribution in [0, 0.1) is 6.92 Å². The zero-order valence-corrected chi connectivity index (χ0v) is 17.8. The molecule has 1 atom stereocenters. The van der Waals surface area contributed by atoms with Crippen LogP contribution in [0.2, 0.25) is 0 Å². The molecule has 0 bridgehead atoms. The summed E-state index contributed by atoms with van der Waals surface area (Å²) < 4.78 is 0. The van der Waals surface area contributed by atoms with Crippen LogP contribution in [0.25, 0.3) is 0 Å². The number of hydrogen-bond acceptors (Lipinski definition) is 4. The van der Waals surface area contributed by atoms with Gasteiger partial charge in [0, 0.05) is 43.5 Å². The summed E-state index contributed by atoms with van der Waals surface area (Å²) in [5.74, 6) is 1.64. The number of halogens is 2. The van der Waals surface area contributed by atoms with Crippen LogP contribution >= 0.6 is 46.7 Å². The van der Waals surface area contributed by atoms with Crippen LogP contribution in [0.15, 0.2) is 68.9 Å². The summed E-state index contributed by atoms with van der Waals surface area (Å²) in [7, 11) is 0. The Labute approximate surface area is 177 Å². The molecular weight excluding hydrogens is 419 g/mol. The molecular formula is C21H18Cl2O2S2. The summed E-state index contributed by atoms with van der Waals surface area (Å²) >= 11 is 14.4. The zero-order chi connectivity index (χ0) is 19.4. The summed E-state index contributed by atoms with van der Waals surface area (Å²) in [6.45, 7) is 1.98. The SMILES string of the molecule is Cc1ccc2c(c1)C(=O)C(=CCl)CS2.OC1C(=CCl)SCc2ccccc21. The lowest BCUT2D eigenvalue weighted by atomic mass is 10.0. The highest BCUT2D eigenvalue weighted by Gasteiger charge is 2.22. The Balaban J connectivity index is 0.000000156. The van der Waals surface area contributed by atoms with Crippen LogP contribution in [0.4, 0.5) is 0 Å². The number of hydrogen-bond donors (Lipinski definition) is 1. The molecule has 0 fully saturated rings. The molecule has 2 aromatic rings. The van der Waals surface area contributed by atoms with E-state index in [1.54, 1.807) is 23.5 Å². The fourth-order valence-corrected chi connectivity index (χ4v) is 5.34. The predicted octanol–water partition coefficient (Wildman–Crippen LogP) is 6.45. The molecule has 27 heavy (non-hydrogen) atoms. The maximum Gasteiger partial charge on any atom is 0.191 e. The summed E-state index contributed by atoms with van der Waals surface area (Å²) in [5.41, 5.74) is 7.61. The Morgan fingerprint density at radius 1 is 1.07 bits per heavy atom. The van der Waals surface area contributed by atoms with Crippen molar-refractivity contribution in [2.24, 2.45) is 0 Å². The maximum absolute atomic E-state index is 11.8. The third-order valence-electron chi connectivity index (χ3n) is 4.31. The van der Waals surface area contributed by atoms with Gasteiger partial charge in [0.15, 0.2) is 5.78 Å². The Morgan fingerprint density at radius 2 is 1.85 bits per heavy atom. The molecule has 0 radical (unpaired) electrons. The molecule has 2 nitrogen and oxygen atoms in total. The van der Waals surface area contributed by atoms with Gasteiger partial charge < -0.3 is 5.11 Å². The average Bonchev–Trinajstić information content (AvgIpc) is 2.70. The van der Waals surface area contributed by atoms with E-state index in [1.807, 2.05) is 49.4 Å². The van der Waals surface area contributed by atoms with Crippen LogP contribution in [0.5, 0.6) is 0 Å². The molecule has 140 valence electrons. The Hall–Kier alpha value is -1.17. The molecule has 6 heteroatoms. The van der Waals surface area contributed by atoms with Gasteiger partial charge in [-0.2, -0.15) is 0 Å². The molecule has 1 unspecified atom stereocenters. The second-order valence-electron chi connectivity index (χ2n) is 6.15. The molecule has 2 aliphatic heterocycles. The number of carbonyl (C=O) groups excluding carboxylic acids is 1. The van der Waals surface area contributed by atoms with E-state index in [4.69, 9.17) is 23.2 Å². The van der Waals surface area contributed by atoms with Crippen molar-refractivity contribution in [2.45, 2.75) is 23.7 Å². The van der Waals surface area contributed by atoms with Crippen LogP contribution in [0.1, 0.15) is 33.2 Å². The predicted molar refractivity (Wildman–Crippen MR) is 117 cm³/mol. The fraction of sp³-hybridized carbons (Fsp3) is 0.190. The largest absolute Gasteiger partial charge is 0.383 e. The van der Waals surface area contributed by atoms with Crippen LogP contribution in [-0.4, -0.2) is 16.6 Å². The standard InChI is InChI=1S/C11H9ClOS.C10H9ClOS/c1-7-2-3-10-9(4-7)11(13)8(5-12)6-14-10;11-5-9-10(12)8-4-2-1-3-7(8)6-13-9/h2-5H,6H2,1H3;1-5,10,12H,6H2. The highest BCUT2D eigenvalue weighted by atomic mass is 35.5. The number of aliphatic hydroxyl groups is 1. The summed E-state index contributed by atoms with van der Waals surface area (Å²) in [6, 6.07) is 13.8. The minimum atomic E-state index is -0.535. The number of thioether (sulfide) groups is 2. The van der Waals surface area contributed by atoms with Crippen molar-refractivity contribution in [3.8, 4) is 0 Å². The normalized spacial score (nSPS) is 21.3. The molecule has 0 saturated heterocycles. The first-order valence-electron chi connectivity index (χ1n) is 8.31. The maximum atomic E-state index is 11.8. The summed E-state index contributed by atoms with van der Waals surface area (Å²) in [4.78, 5) is 13.7. The number of benzene rings is 2. The molecule has 0 aliphatic carbocycles. The molecule has 4 rings (SSSR count). The topological polar surface area (TPSA) is 37.3 Å². The Kier molecular flexibility index (Phi) is 7.12. The second kappa shape index (κ2) is 9.35. The lowest BCUT2D eigenvalue weighted by Gasteiger charge is -2.22. The van der Waals surface area contributed by atoms with Gasteiger partial charge in [-0.25, -0.2) is 0 Å². The van der Waals surface area contributed by atoms with Crippen molar-refractivity contribution in [1.82, 2.24) is 0 Å². The van der Waals surface area contributed by atoms with Crippen LogP contribution in [-0.2, 0) is 5.75 Å². The van der Waals surface area contributed by atoms with E-state index >= 15 is 0 Å². The van der Waals surface area contributed by atoms with E-state index in [2.05, 4.69) is 0 Å². The van der Waals surface area contributed by atoms with E-state index in [0.29, 0.717) is 11.3 Å². The third-order valence-corrected chi connectivity index (χ3v) is 7.19. The van der Waals surface area contributed by atoms with Gasteiger partial charge in [-0.1, -0.05) is 59.1 Å². The number of fused-ring (bicyclic) bond motifs is 2. The minimum absolute atomic E-state index is 0.0671. The first-order chi connectivity index (χ1) is 13.0. The molecule has 0 aromatic heterocycles. The van der Waals surface area contributed by atoms with Crippen molar-refractivity contribution < 1.29 is 9.90 Å². The Morgan fingerprint density at radius 3 is 2.59 bits per heavy atom. The highest BCUT2D eigenvalue weighted by molar-refractivity contribution is 8.02. The Bertz CT molecular complexity index is 922. The van der Waals surface area contributed by atoms with E-state index in [1.165, 1.54) is 16.6 Å². The quantitative estimate of drug-likeness (QED) is 0.481. The second-order valence-corrected chi connectivity index (χ2v) is 8.66. The van der Waals surface area contributed by atoms with Crippen molar-refractivity contribution in [3.63, 3.8) is 0 Å². The van der Waals surface area contributed by atoms with Gasteiger partial charge in [0.25, 0.3) is 0 Å². The number of aryl methyl sites for hydroxylation is 1. The van der Waals surface area contributed by atoms with E-state index < -0.39 is 6.10 Å². The lowest BCUT2D eigenvalue weighted by Crippen LogP contribution is -2.12. The van der Waals surface area contributed by atoms with Crippen molar-refractivity contribution >= 4 is 52.5 Å². The number of ketones is 1. The van der Waals surface area contributed by atoms with Crippen LogP contribution in [0.3, 0.4) is 0 Å². The number of aliphatic hydroxyl groups excluding tert-OH is 1. The molecule has 2 heterocycles. The zero-order valence-electron chi connectivity index (χ0n) is 14.6. The molecule has 1 N–H and O–H groups in total. The first kappa shape index (κ1) is 20.6. The average molecular weight is 437 g/mol. The van der Waals surface area contributed by atoms with Gasteiger partial charge >= 0.3 is 0 Å². The number of rotatable bonds is 0. The molecule has 2 aromatic carbocycles. The van der Waals surface area contributed by atoms with E-state index in [0.717, 1.165) is 32.2 Å². The van der Waals surface area contributed by atoms with Gasteiger partial charge in [-0.15, -0.1) is 23.5 Å². The number of Topliss-reactive ketones (excluding diaryl/α,β-unsaturated/α-hetero) is 1. The molecule has 0 spiro atoms. The monoisotopic (exact) mass is 436 g/mol. The van der Waals surface area contributed by atoms with Gasteiger partial charge in [0.05, 0.1) is 0 Å². The van der Waals surface area contributed by atoms with Crippen molar-refractivity contribution in [3.05, 3.63) is 86.3 Å². The van der Waals surface area contributed by atoms with E-state index in [9.17, 15) is 9.90 Å². The third kappa shape index (κ3) is 4.64. The fourth-order valence-electron chi connectivity index (χ4n) is 2.84.